The molecular weight excluding hydrogens is 192 g/mol. The zero-order valence-electron chi connectivity index (χ0n) is 2.24. The Labute approximate surface area is 60.3 Å². The van der Waals surface area contributed by atoms with Crippen LogP contribution in [-0.2, 0) is 20.4 Å². The molecule has 0 aromatic heterocycles. The van der Waals surface area contributed by atoms with Crippen molar-refractivity contribution >= 4 is 24.7 Å². The van der Waals surface area contributed by atoms with Crippen LogP contribution in [0.3, 0.4) is 0 Å². The first kappa shape index (κ1) is 15.7. The molecule has 0 rings (SSSR count). The van der Waals surface area contributed by atoms with Crippen LogP contribution in [0.15, 0.2) is 0 Å². The molecule has 3 nitrogen and oxygen atoms in total. The SMILES string of the molecule is OB(O)O.[AlH3].[Pd]. The molecule has 6 heteroatoms. The molecule has 0 radical (unpaired) electrons. The van der Waals surface area contributed by atoms with Crippen molar-refractivity contribution in [2.75, 3.05) is 0 Å². The van der Waals surface area contributed by atoms with Gasteiger partial charge in [0.15, 0.2) is 17.4 Å². The summed E-state index contributed by atoms with van der Waals surface area (Å²) in [6, 6.07) is 0. The van der Waals surface area contributed by atoms with Gasteiger partial charge in [-0.3, -0.25) is 0 Å². The van der Waals surface area contributed by atoms with Gasteiger partial charge in [-0.2, -0.15) is 0 Å². The molecule has 6 heavy (non-hydrogen) atoms. The van der Waals surface area contributed by atoms with E-state index < -0.39 is 7.32 Å². The molecule has 0 aromatic rings. The maximum Gasteiger partial charge on any atom is 0.631 e. The Morgan fingerprint density at radius 1 is 1.00 bits per heavy atom. The van der Waals surface area contributed by atoms with Gasteiger partial charge in [-0.25, -0.2) is 0 Å². The minimum absolute atomic E-state index is 0. The maximum absolute atomic E-state index is 7.17. The Morgan fingerprint density at radius 3 is 1.00 bits per heavy atom. The third kappa shape index (κ3) is 67.8. The quantitative estimate of drug-likeness (QED) is 0.359. The molecule has 40 valence electrons. The Bertz CT molecular complexity index is 15.5. The Balaban J connectivity index is -0.0000000450. The molecule has 0 fully saturated rings. The molecule has 0 heterocycles. The normalized spacial score (nSPS) is 4.50. The third-order valence-electron chi connectivity index (χ3n) is 0. The minimum Gasteiger partial charge on any atom is -0.402 e. The molecule has 0 saturated carbocycles. The molecule has 0 aliphatic rings. The number of rotatable bonds is 0. The first-order valence-corrected chi connectivity index (χ1v) is 0.775. The van der Waals surface area contributed by atoms with Crippen molar-refractivity contribution in [3.8, 4) is 0 Å². The fraction of sp³-hybridized carbons (Fsp3) is 0. The van der Waals surface area contributed by atoms with E-state index in [4.69, 9.17) is 15.1 Å². The van der Waals surface area contributed by atoms with E-state index in [1.165, 1.54) is 0 Å². The van der Waals surface area contributed by atoms with Crippen molar-refractivity contribution in [1.82, 2.24) is 0 Å². The van der Waals surface area contributed by atoms with Gasteiger partial charge in [0.1, 0.15) is 0 Å². The van der Waals surface area contributed by atoms with Gasteiger partial charge in [-0.05, 0) is 0 Å². The van der Waals surface area contributed by atoms with E-state index in [2.05, 4.69) is 0 Å². The van der Waals surface area contributed by atoms with Crippen molar-refractivity contribution in [3.63, 3.8) is 0 Å². The average Bonchev–Trinajstić information content (AvgIpc) is 0.811. The molecule has 0 atom stereocenters. The van der Waals surface area contributed by atoms with E-state index in [-0.39, 0.29) is 37.8 Å². The predicted molar refractivity (Wildman–Crippen MR) is 22.3 cm³/mol. The average molecular weight is 198 g/mol. The van der Waals surface area contributed by atoms with E-state index in [1.807, 2.05) is 0 Å². The summed E-state index contributed by atoms with van der Waals surface area (Å²) in [6.45, 7) is 0. The van der Waals surface area contributed by atoms with Gasteiger partial charge in [0.2, 0.25) is 0 Å². The van der Waals surface area contributed by atoms with Crippen LogP contribution in [-0.4, -0.2) is 39.8 Å². The summed E-state index contributed by atoms with van der Waals surface area (Å²) in [5.74, 6) is 0. The zero-order valence-corrected chi connectivity index (χ0v) is 3.79. The van der Waals surface area contributed by atoms with Crippen LogP contribution in [0.1, 0.15) is 0 Å². The van der Waals surface area contributed by atoms with E-state index in [0.717, 1.165) is 0 Å². The van der Waals surface area contributed by atoms with Gasteiger partial charge in [-0.1, -0.05) is 0 Å². The fourth-order valence-corrected chi connectivity index (χ4v) is 0. The standard InChI is InChI=1S/Al.BH3O3.Pd.3H/c;2-1(3)4;;;;/h;2-4H;;;;. The van der Waals surface area contributed by atoms with Gasteiger partial charge < -0.3 is 15.1 Å². The second-order valence-electron chi connectivity index (χ2n) is 0.346. The second-order valence-corrected chi connectivity index (χ2v) is 0.346. The van der Waals surface area contributed by atoms with Gasteiger partial charge in [0.05, 0.1) is 0 Å². The van der Waals surface area contributed by atoms with Gasteiger partial charge in [0, 0.05) is 20.4 Å². The molecule has 0 amide bonds. The third-order valence-corrected chi connectivity index (χ3v) is 0. The molecule has 0 aliphatic carbocycles. The van der Waals surface area contributed by atoms with E-state index in [1.54, 1.807) is 0 Å². The van der Waals surface area contributed by atoms with Crippen LogP contribution in [0, 0.1) is 0 Å². The van der Waals surface area contributed by atoms with Crippen molar-refractivity contribution in [2.24, 2.45) is 0 Å². The molecule has 0 aliphatic heterocycles. The van der Waals surface area contributed by atoms with Crippen LogP contribution in [0.5, 0.6) is 0 Å². The Hall–Kier alpha value is 1.14. The molecule has 0 unspecified atom stereocenters. The van der Waals surface area contributed by atoms with Crippen LogP contribution in [0.4, 0.5) is 0 Å². The van der Waals surface area contributed by atoms with Gasteiger partial charge in [0.25, 0.3) is 0 Å². The summed E-state index contributed by atoms with van der Waals surface area (Å²) >= 11 is 0. The topological polar surface area (TPSA) is 60.7 Å². The molecule has 0 spiro atoms. The zero-order chi connectivity index (χ0) is 3.58. The molecule has 3 N–H and O–H groups in total. The summed E-state index contributed by atoms with van der Waals surface area (Å²) < 4.78 is 0. The van der Waals surface area contributed by atoms with Gasteiger partial charge >= 0.3 is 7.32 Å². The predicted octanol–water partition coefficient (Wildman–Crippen LogP) is -3.24. The Morgan fingerprint density at radius 2 is 1.00 bits per heavy atom. The van der Waals surface area contributed by atoms with E-state index >= 15 is 0 Å². The molecular formula is H6AlBO3Pd. The summed E-state index contributed by atoms with van der Waals surface area (Å²) in [6.07, 6.45) is 0. The molecule has 0 bridgehead atoms. The van der Waals surface area contributed by atoms with Crippen molar-refractivity contribution in [3.05, 3.63) is 0 Å². The first-order chi connectivity index (χ1) is 1.73. The van der Waals surface area contributed by atoms with Crippen molar-refractivity contribution in [2.45, 2.75) is 0 Å². The van der Waals surface area contributed by atoms with Crippen molar-refractivity contribution in [1.29, 1.82) is 0 Å². The van der Waals surface area contributed by atoms with Crippen LogP contribution >= 0.6 is 0 Å². The summed E-state index contributed by atoms with van der Waals surface area (Å²) in [5, 5.41) is 21.5. The number of hydrogen-bond donors (Lipinski definition) is 3. The molecule has 0 aromatic carbocycles. The van der Waals surface area contributed by atoms with Crippen LogP contribution < -0.4 is 0 Å². The maximum atomic E-state index is 7.17. The Kier molecular flexibility index (Phi) is 24.8. The van der Waals surface area contributed by atoms with Gasteiger partial charge in [-0.15, -0.1) is 0 Å². The minimum atomic E-state index is -2.17. The van der Waals surface area contributed by atoms with E-state index in [9.17, 15) is 0 Å². The van der Waals surface area contributed by atoms with Crippen LogP contribution in [0.2, 0.25) is 0 Å². The molecule has 0 saturated heterocycles. The second kappa shape index (κ2) is 9.46. The fourth-order valence-electron chi connectivity index (χ4n) is 0. The monoisotopic (exact) mass is 198 g/mol. The van der Waals surface area contributed by atoms with Crippen molar-refractivity contribution < 1.29 is 35.5 Å². The smallest absolute Gasteiger partial charge is 0.402 e. The summed E-state index contributed by atoms with van der Waals surface area (Å²) in [7, 11) is -2.17. The van der Waals surface area contributed by atoms with Crippen LogP contribution in [0.25, 0.3) is 0 Å². The van der Waals surface area contributed by atoms with E-state index in [0.29, 0.717) is 0 Å². The largest absolute Gasteiger partial charge is 0.631 e. The summed E-state index contributed by atoms with van der Waals surface area (Å²) in [4.78, 5) is 0. The first-order valence-electron chi connectivity index (χ1n) is 0.775. The number of hydrogen-bond acceptors (Lipinski definition) is 3. The summed E-state index contributed by atoms with van der Waals surface area (Å²) in [5.41, 5.74) is 0.